The number of nitrogen functional groups attached to an aromatic ring is 1. The van der Waals surface area contributed by atoms with E-state index in [1.54, 1.807) is 6.07 Å². The molecule has 0 aliphatic heterocycles. The number of nitrogens with one attached hydrogen (secondary N) is 1. The Morgan fingerprint density at radius 1 is 1.37 bits per heavy atom. The molecular formula is C12H13ClN4OS. The number of ether oxygens (including phenoxy) is 1. The molecule has 0 atom stereocenters. The molecule has 0 aliphatic carbocycles. The highest BCUT2D eigenvalue weighted by atomic mass is 35.5. The van der Waals surface area contributed by atoms with E-state index >= 15 is 0 Å². The van der Waals surface area contributed by atoms with Crippen LogP contribution in [0.3, 0.4) is 0 Å². The summed E-state index contributed by atoms with van der Waals surface area (Å²) in [5, 5.41) is 1.25. The van der Waals surface area contributed by atoms with E-state index in [-0.39, 0.29) is 0 Å². The molecule has 1 aromatic carbocycles. The van der Waals surface area contributed by atoms with E-state index < -0.39 is 0 Å². The van der Waals surface area contributed by atoms with Gasteiger partial charge in [0.05, 0.1) is 0 Å². The smallest absolute Gasteiger partial charge is 0.219 e. The van der Waals surface area contributed by atoms with Crippen molar-refractivity contribution in [3.05, 3.63) is 40.9 Å². The van der Waals surface area contributed by atoms with Crippen LogP contribution in [0.15, 0.2) is 35.5 Å². The van der Waals surface area contributed by atoms with Crippen LogP contribution in [0.1, 0.15) is 5.56 Å². The van der Waals surface area contributed by atoms with Gasteiger partial charge in [-0.05, 0) is 12.3 Å². The van der Waals surface area contributed by atoms with E-state index in [0.29, 0.717) is 28.5 Å². The van der Waals surface area contributed by atoms with E-state index in [2.05, 4.69) is 15.4 Å². The van der Waals surface area contributed by atoms with E-state index in [1.165, 1.54) is 11.8 Å². The van der Waals surface area contributed by atoms with Gasteiger partial charge in [-0.3, -0.25) is 0 Å². The maximum atomic E-state index is 6.06. The lowest BCUT2D eigenvalue weighted by atomic mass is 10.2. The molecule has 0 bridgehead atoms. The van der Waals surface area contributed by atoms with Crippen LogP contribution in [-0.4, -0.2) is 16.2 Å². The van der Waals surface area contributed by atoms with Crippen molar-refractivity contribution in [1.82, 2.24) is 9.97 Å². The Bertz CT molecular complexity index is 545. The maximum Gasteiger partial charge on any atom is 0.219 e. The largest absolute Gasteiger partial charge is 0.473 e. The molecule has 0 saturated heterocycles. The first-order valence-electron chi connectivity index (χ1n) is 5.49. The molecule has 2 rings (SSSR count). The lowest BCUT2D eigenvalue weighted by molar-refractivity contribution is 0.291. The van der Waals surface area contributed by atoms with Gasteiger partial charge in [0.2, 0.25) is 5.88 Å². The molecule has 0 fully saturated rings. The van der Waals surface area contributed by atoms with Crippen molar-refractivity contribution in [1.29, 1.82) is 0 Å². The third-order valence-electron chi connectivity index (χ3n) is 2.35. The van der Waals surface area contributed by atoms with Crippen molar-refractivity contribution in [2.24, 2.45) is 5.84 Å². The number of anilines is 1. The van der Waals surface area contributed by atoms with Crippen molar-refractivity contribution < 1.29 is 4.74 Å². The maximum absolute atomic E-state index is 6.06. The van der Waals surface area contributed by atoms with Gasteiger partial charge in [0, 0.05) is 16.7 Å². The summed E-state index contributed by atoms with van der Waals surface area (Å²) in [4.78, 5) is 8.39. The molecule has 0 amide bonds. The lowest BCUT2D eigenvalue weighted by Gasteiger charge is -2.09. The molecular weight excluding hydrogens is 284 g/mol. The van der Waals surface area contributed by atoms with Gasteiger partial charge < -0.3 is 10.2 Å². The zero-order chi connectivity index (χ0) is 13.7. The first-order chi connectivity index (χ1) is 9.22. The van der Waals surface area contributed by atoms with Crippen molar-refractivity contribution >= 4 is 29.2 Å². The zero-order valence-corrected chi connectivity index (χ0v) is 11.8. The number of halogens is 1. The van der Waals surface area contributed by atoms with E-state index in [1.807, 2.05) is 30.5 Å². The Morgan fingerprint density at radius 3 is 2.84 bits per heavy atom. The number of aromatic nitrogens is 2. The highest BCUT2D eigenvalue weighted by Gasteiger charge is 2.06. The van der Waals surface area contributed by atoms with Crippen LogP contribution in [-0.2, 0) is 6.61 Å². The van der Waals surface area contributed by atoms with Crippen molar-refractivity contribution in [2.45, 2.75) is 11.8 Å². The van der Waals surface area contributed by atoms with Gasteiger partial charge in [-0.2, -0.15) is 4.98 Å². The van der Waals surface area contributed by atoms with Crippen LogP contribution < -0.4 is 16.0 Å². The molecule has 5 nitrogen and oxygen atoms in total. The van der Waals surface area contributed by atoms with E-state index in [4.69, 9.17) is 22.2 Å². The average Bonchev–Trinajstić information content (AvgIpc) is 2.46. The van der Waals surface area contributed by atoms with Crippen molar-refractivity contribution in [3.63, 3.8) is 0 Å². The second-order valence-electron chi connectivity index (χ2n) is 3.60. The van der Waals surface area contributed by atoms with Gasteiger partial charge >= 0.3 is 0 Å². The molecule has 0 saturated carbocycles. The number of benzene rings is 1. The molecule has 19 heavy (non-hydrogen) atoms. The minimum absolute atomic E-state index is 0.342. The van der Waals surface area contributed by atoms with Gasteiger partial charge in [0.25, 0.3) is 0 Å². The minimum Gasteiger partial charge on any atom is -0.473 e. The molecule has 100 valence electrons. The Hall–Kier alpha value is -1.50. The molecule has 0 radical (unpaired) electrons. The highest BCUT2D eigenvalue weighted by Crippen LogP contribution is 2.21. The number of hydrogen-bond acceptors (Lipinski definition) is 6. The fourth-order valence-electron chi connectivity index (χ4n) is 1.41. The number of nitrogens with two attached hydrogens (primary N) is 1. The molecule has 1 aromatic heterocycles. The number of nitrogens with zero attached hydrogens (tertiary/aromatic N) is 2. The first kappa shape index (κ1) is 13.9. The summed E-state index contributed by atoms with van der Waals surface area (Å²) in [5.74, 6) is 6.31. The van der Waals surface area contributed by atoms with Gasteiger partial charge in [-0.15, -0.1) is 0 Å². The third kappa shape index (κ3) is 3.73. The van der Waals surface area contributed by atoms with Crippen LogP contribution in [0.25, 0.3) is 0 Å². The Morgan fingerprint density at radius 2 is 2.16 bits per heavy atom. The van der Waals surface area contributed by atoms with Crippen LogP contribution in [0.4, 0.5) is 5.82 Å². The molecule has 0 spiro atoms. The zero-order valence-electron chi connectivity index (χ0n) is 10.3. The lowest BCUT2D eigenvalue weighted by Crippen LogP contribution is -2.10. The first-order valence-corrected chi connectivity index (χ1v) is 7.09. The van der Waals surface area contributed by atoms with Gasteiger partial charge in [-0.1, -0.05) is 41.6 Å². The summed E-state index contributed by atoms with van der Waals surface area (Å²) < 4.78 is 5.61. The van der Waals surface area contributed by atoms with Crippen LogP contribution in [0, 0.1) is 0 Å². The molecule has 0 unspecified atom stereocenters. The van der Waals surface area contributed by atoms with E-state index in [9.17, 15) is 0 Å². The van der Waals surface area contributed by atoms with Crippen LogP contribution >= 0.6 is 23.4 Å². The minimum atomic E-state index is 0.342. The van der Waals surface area contributed by atoms with Crippen LogP contribution in [0.5, 0.6) is 5.88 Å². The summed E-state index contributed by atoms with van der Waals surface area (Å²) in [6.07, 6.45) is 1.88. The highest BCUT2D eigenvalue weighted by molar-refractivity contribution is 7.98. The third-order valence-corrected chi connectivity index (χ3v) is 3.26. The fourth-order valence-corrected chi connectivity index (χ4v) is 1.97. The standard InChI is InChI=1S/C12H13ClN4OS/c1-19-12-15-10(17-14)6-11(16-12)18-7-8-4-2-3-5-9(8)13/h2-6H,7,14H2,1H3,(H,15,16,17). The van der Waals surface area contributed by atoms with Crippen molar-refractivity contribution in [2.75, 3.05) is 11.7 Å². The normalized spacial score (nSPS) is 10.3. The second-order valence-corrected chi connectivity index (χ2v) is 4.78. The number of hydrogen-bond donors (Lipinski definition) is 2. The summed E-state index contributed by atoms with van der Waals surface area (Å²) in [7, 11) is 0. The average molecular weight is 297 g/mol. The van der Waals surface area contributed by atoms with Gasteiger partial charge in [-0.25, -0.2) is 10.8 Å². The van der Waals surface area contributed by atoms with Crippen molar-refractivity contribution in [3.8, 4) is 5.88 Å². The number of thioether (sulfide) groups is 1. The molecule has 1 heterocycles. The SMILES string of the molecule is CSc1nc(NN)cc(OCc2ccccc2Cl)n1. The second kappa shape index (κ2) is 6.60. The topological polar surface area (TPSA) is 73.1 Å². The predicted octanol–water partition coefficient (Wildman–Crippen LogP) is 2.72. The quantitative estimate of drug-likeness (QED) is 0.382. The van der Waals surface area contributed by atoms with Gasteiger partial charge in [0.15, 0.2) is 5.16 Å². The Labute approximate surface area is 120 Å². The summed E-state index contributed by atoms with van der Waals surface area (Å²) in [6.45, 7) is 0.342. The summed E-state index contributed by atoms with van der Waals surface area (Å²) in [6, 6.07) is 9.14. The van der Waals surface area contributed by atoms with E-state index in [0.717, 1.165) is 5.56 Å². The number of rotatable bonds is 5. The Kier molecular flexibility index (Phi) is 4.84. The monoisotopic (exact) mass is 296 g/mol. The Balaban J connectivity index is 2.13. The number of hydrazine groups is 1. The molecule has 7 heteroatoms. The molecule has 3 N–H and O–H groups in total. The molecule has 2 aromatic rings. The van der Waals surface area contributed by atoms with Crippen LogP contribution in [0.2, 0.25) is 5.02 Å². The summed E-state index contributed by atoms with van der Waals surface area (Å²) in [5.41, 5.74) is 3.38. The summed E-state index contributed by atoms with van der Waals surface area (Å²) >= 11 is 7.47. The molecule has 0 aliphatic rings. The predicted molar refractivity (Wildman–Crippen MR) is 77.4 cm³/mol. The fraction of sp³-hybridized carbons (Fsp3) is 0.167. The van der Waals surface area contributed by atoms with Gasteiger partial charge in [0.1, 0.15) is 12.4 Å².